The fourth-order valence-electron chi connectivity index (χ4n) is 8.33. The fourth-order valence-corrected chi connectivity index (χ4v) is 8.33. The Bertz CT molecular complexity index is 3170. The maximum Gasteiger partial charge on any atom is 0.164 e. The van der Waals surface area contributed by atoms with Crippen LogP contribution >= 0.6 is 0 Å². The van der Waals surface area contributed by atoms with E-state index in [4.69, 9.17) is 15.0 Å². The molecule has 0 fully saturated rings. The van der Waals surface area contributed by atoms with E-state index in [1.54, 1.807) is 0 Å². The predicted molar refractivity (Wildman–Crippen MR) is 228 cm³/mol. The largest absolute Gasteiger partial charge is 0.309 e. The normalized spacial score (nSPS) is 11.6. The summed E-state index contributed by atoms with van der Waals surface area (Å²) in [4.78, 5) is 15.5. The van der Waals surface area contributed by atoms with E-state index in [-0.39, 0.29) is 0 Å². The van der Waals surface area contributed by atoms with Gasteiger partial charge in [-0.05, 0) is 68.4 Å². The summed E-state index contributed by atoms with van der Waals surface area (Å²) in [7, 11) is 0. The van der Waals surface area contributed by atoms with Crippen LogP contribution in [0.1, 0.15) is 0 Å². The van der Waals surface area contributed by atoms with Crippen LogP contribution in [0.3, 0.4) is 0 Å². The van der Waals surface area contributed by atoms with Gasteiger partial charge in [0.1, 0.15) is 0 Å². The molecule has 0 N–H and O–H groups in total. The van der Waals surface area contributed by atoms with Crippen LogP contribution in [-0.2, 0) is 0 Å². The second-order valence-electron chi connectivity index (χ2n) is 14.0. The Kier molecular flexibility index (Phi) is 7.14. The maximum atomic E-state index is 5.25. The molecule has 0 aliphatic heterocycles. The average molecular weight is 701 g/mol. The van der Waals surface area contributed by atoms with Crippen LogP contribution in [0.2, 0.25) is 0 Å². The van der Waals surface area contributed by atoms with E-state index < -0.39 is 0 Å². The van der Waals surface area contributed by atoms with Gasteiger partial charge in [0.05, 0.1) is 11.0 Å². The highest BCUT2D eigenvalue weighted by Gasteiger charge is 2.19. The maximum absolute atomic E-state index is 5.25. The molecule has 4 nitrogen and oxygen atoms in total. The van der Waals surface area contributed by atoms with Crippen molar-refractivity contribution in [2.45, 2.75) is 0 Å². The third-order valence-electron chi connectivity index (χ3n) is 10.8. The number of nitrogens with zero attached hydrogens (tertiary/aromatic N) is 4. The van der Waals surface area contributed by atoms with Crippen molar-refractivity contribution in [3.8, 4) is 51.0 Å². The summed E-state index contributed by atoms with van der Waals surface area (Å²) in [5.41, 5.74) is 8.66. The van der Waals surface area contributed by atoms with Crippen LogP contribution in [0.15, 0.2) is 194 Å². The van der Waals surface area contributed by atoms with Gasteiger partial charge in [0.2, 0.25) is 0 Å². The summed E-state index contributed by atoms with van der Waals surface area (Å²) in [6.45, 7) is 0. The Morgan fingerprint density at radius 1 is 0.291 bits per heavy atom. The molecule has 0 aliphatic carbocycles. The van der Waals surface area contributed by atoms with Gasteiger partial charge in [-0.15, -0.1) is 0 Å². The topological polar surface area (TPSA) is 43.6 Å². The number of fused-ring (bicyclic) bond motifs is 9. The van der Waals surface area contributed by atoms with Crippen LogP contribution in [0.5, 0.6) is 0 Å². The molecule has 0 bridgehead atoms. The zero-order valence-corrected chi connectivity index (χ0v) is 29.8. The van der Waals surface area contributed by atoms with E-state index in [0.29, 0.717) is 17.5 Å². The van der Waals surface area contributed by atoms with E-state index in [9.17, 15) is 0 Å². The summed E-state index contributed by atoms with van der Waals surface area (Å²) >= 11 is 0. The molecule has 0 amide bonds. The number of aromatic nitrogens is 4. The molecule has 55 heavy (non-hydrogen) atoms. The Labute approximate surface area is 317 Å². The highest BCUT2D eigenvalue weighted by molar-refractivity contribution is 6.28. The lowest BCUT2D eigenvalue weighted by molar-refractivity contribution is 1.08. The smallest absolute Gasteiger partial charge is 0.164 e. The van der Waals surface area contributed by atoms with Gasteiger partial charge in [-0.25, -0.2) is 15.0 Å². The third kappa shape index (κ3) is 5.11. The monoisotopic (exact) mass is 700 g/mol. The minimum absolute atomic E-state index is 0.638. The molecule has 9 aromatic carbocycles. The van der Waals surface area contributed by atoms with Gasteiger partial charge in [-0.2, -0.15) is 0 Å². The van der Waals surface area contributed by atoms with Gasteiger partial charge < -0.3 is 4.57 Å². The Morgan fingerprint density at radius 2 is 0.782 bits per heavy atom. The van der Waals surface area contributed by atoms with E-state index in [0.717, 1.165) is 49.7 Å². The number of hydrogen-bond donors (Lipinski definition) is 0. The molecule has 4 heteroatoms. The van der Waals surface area contributed by atoms with Crippen LogP contribution < -0.4 is 0 Å². The molecule has 2 aromatic heterocycles. The van der Waals surface area contributed by atoms with Gasteiger partial charge in [0.15, 0.2) is 17.5 Å². The zero-order valence-electron chi connectivity index (χ0n) is 29.8. The van der Waals surface area contributed by atoms with E-state index in [2.05, 4.69) is 174 Å². The molecule has 0 saturated carbocycles. The number of benzene rings is 9. The Hall–Kier alpha value is -7.43. The molecular formula is C51H32N4. The molecule has 0 unspecified atom stereocenters. The van der Waals surface area contributed by atoms with Gasteiger partial charge in [0, 0.05) is 38.5 Å². The molecule has 256 valence electrons. The standard InChI is InChI=1S/C51H32N4/c1-3-15-33(16-4-1)35-19-13-20-36(31-35)50-52-49(34-17-5-2-6-18-34)53-51(54-50)44-26-14-25-43-39-30-29-37(32-45(39)38-21-7-8-24-42(38)48(43)44)55-46-27-11-9-22-40(46)41-23-10-12-28-47(41)55/h1-32H. The molecule has 0 saturated heterocycles. The van der Waals surface area contributed by atoms with E-state index >= 15 is 0 Å². The molecule has 0 radical (unpaired) electrons. The van der Waals surface area contributed by atoms with Crippen molar-refractivity contribution in [2.75, 3.05) is 0 Å². The quantitative estimate of drug-likeness (QED) is 0.168. The molecule has 0 aliphatic rings. The van der Waals surface area contributed by atoms with E-state index in [1.807, 2.05) is 24.3 Å². The first-order valence-corrected chi connectivity index (χ1v) is 18.6. The van der Waals surface area contributed by atoms with Crippen molar-refractivity contribution in [2.24, 2.45) is 0 Å². The van der Waals surface area contributed by atoms with Gasteiger partial charge in [0.25, 0.3) is 0 Å². The molecule has 11 aromatic rings. The summed E-state index contributed by atoms with van der Waals surface area (Å²) in [5.74, 6) is 1.93. The number of para-hydroxylation sites is 2. The van der Waals surface area contributed by atoms with Crippen LogP contribution in [0.25, 0.3) is 105 Å². The molecule has 11 rings (SSSR count). The third-order valence-corrected chi connectivity index (χ3v) is 10.8. The molecule has 0 spiro atoms. The summed E-state index contributed by atoms with van der Waals surface area (Å²) in [6, 6.07) is 68.6. The highest BCUT2D eigenvalue weighted by atomic mass is 15.0. The van der Waals surface area contributed by atoms with E-state index in [1.165, 1.54) is 38.0 Å². The van der Waals surface area contributed by atoms with Crippen molar-refractivity contribution >= 4 is 54.1 Å². The van der Waals surface area contributed by atoms with Gasteiger partial charge >= 0.3 is 0 Å². The lowest BCUT2D eigenvalue weighted by Crippen LogP contribution is -2.01. The molecule has 0 atom stereocenters. The van der Waals surface area contributed by atoms with Crippen molar-refractivity contribution in [1.29, 1.82) is 0 Å². The summed E-state index contributed by atoms with van der Waals surface area (Å²) in [5, 5.41) is 9.54. The first-order valence-electron chi connectivity index (χ1n) is 18.6. The fraction of sp³-hybridized carbons (Fsp3) is 0. The van der Waals surface area contributed by atoms with Crippen molar-refractivity contribution in [1.82, 2.24) is 19.5 Å². The molecular weight excluding hydrogens is 669 g/mol. The molecule has 2 heterocycles. The Balaban J connectivity index is 1.15. The van der Waals surface area contributed by atoms with Crippen LogP contribution in [-0.4, -0.2) is 19.5 Å². The highest BCUT2D eigenvalue weighted by Crippen LogP contribution is 2.42. The van der Waals surface area contributed by atoms with Crippen molar-refractivity contribution in [3.63, 3.8) is 0 Å². The Morgan fingerprint density at radius 3 is 1.49 bits per heavy atom. The van der Waals surface area contributed by atoms with Crippen molar-refractivity contribution < 1.29 is 0 Å². The minimum atomic E-state index is 0.638. The first kappa shape index (κ1) is 31.1. The van der Waals surface area contributed by atoms with Crippen molar-refractivity contribution in [3.05, 3.63) is 194 Å². The number of rotatable bonds is 5. The average Bonchev–Trinajstić information content (AvgIpc) is 3.61. The van der Waals surface area contributed by atoms with Gasteiger partial charge in [-0.3, -0.25) is 0 Å². The zero-order chi connectivity index (χ0) is 36.3. The van der Waals surface area contributed by atoms with Crippen LogP contribution in [0, 0.1) is 0 Å². The predicted octanol–water partition coefficient (Wildman–Crippen LogP) is 13.1. The second kappa shape index (κ2) is 12.6. The first-order chi connectivity index (χ1) is 27.3. The lowest BCUT2D eigenvalue weighted by atomic mass is 9.91. The lowest BCUT2D eigenvalue weighted by Gasteiger charge is -2.16. The van der Waals surface area contributed by atoms with Gasteiger partial charge in [-0.1, -0.05) is 164 Å². The second-order valence-corrected chi connectivity index (χ2v) is 14.0. The van der Waals surface area contributed by atoms with Crippen LogP contribution in [0.4, 0.5) is 0 Å². The number of hydrogen-bond acceptors (Lipinski definition) is 3. The summed E-state index contributed by atoms with van der Waals surface area (Å²) < 4.78 is 2.39. The summed E-state index contributed by atoms with van der Waals surface area (Å²) in [6.07, 6.45) is 0. The minimum Gasteiger partial charge on any atom is -0.309 e. The SMILES string of the molecule is c1ccc(-c2cccc(-c3nc(-c4ccccc4)nc(-c4cccc5c6ccc(-n7c8ccccc8c8ccccc87)cc6c6ccccc6c45)n3)c2)cc1.